The molecule has 0 bridgehead atoms. The molecule has 14 heteroatoms. The maximum Gasteiger partial charge on any atom is 0.171 e. The molecule has 0 aliphatic heterocycles. The Kier molecular flexibility index (Phi) is 9.32. The van der Waals surface area contributed by atoms with Crippen molar-refractivity contribution in [1.29, 1.82) is 0 Å². The number of rotatable bonds is 0. The lowest BCUT2D eigenvalue weighted by Gasteiger charge is -1.84. The summed E-state index contributed by atoms with van der Waals surface area (Å²) in [6.45, 7) is 11.4. The Hall–Kier alpha value is -3.58. The molecule has 0 unspecified atom stereocenters. The van der Waals surface area contributed by atoms with Crippen molar-refractivity contribution < 1.29 is 0 Å². The Labute approximate surface area is 175 Å². The number of hydrogen-bond donors (Lipinski definition) is 0. The molecule has 0 spiro atoms. The van der Waals surface area contributed by atoms with Gasteiger partial charge in [0.15, 0.2) is 5.82 Å². The van der Waals surface area contributed by atoms with Gasteiger partial charge in [0, 0.05) is 21.1 Å². The van der Waals surface area contributed by atoms with Gasteiger partial charge in [-0.2, -0.15) is 24.9 Å². The molecule has 0 N–H and O–H groups in total. The van der Waals surface area contributed by atoms with Gasteiger partial charge in [-0.25, -0.2) is 9.67 Å². The van der Waals surface area contributed by atoms with Crippen LogP contribution in [0, 0.1) is 41.5 Å². The first-order valence-corrected chi connectivity index (χ1v) is 9.07. The lowest BCUT2D eigenvalue weighted by atomic mass is 10.4. The molecule has 14 nitrogen and oxygen atoms in total. The Morgan fingerprint density at radius 2 is 1.13 bits per heavy atom. The van der Waals surface area contributed by atoms with Gasteiger partial charge in [-0.05, 0) is 57.2 Å². The Bertz CT molecular complexity index is 905. The van der Waals surface area contributed by atoms with E-state index >= 15 is 0 Å². The highest BCUT2D eigenvalue weighted by atomic mass is 15.6. The summed E-state index contributed by atoms with van der Waals surface area (Å²) in [5.41, 5.74) is 2.01. The fourth-order valence-corrected chi connectivity index (χ4v) is 1.87. The minimum Gasteiger partial charge on any atom is -0.253 e. The summed E-state index contributed by atoms with van der Waals surface area (Å²) in [6.07, 6.45) is 0. The lowest BCUT2D eigenvalue weighted by Crippen LogP contribution is -1.92. The monoisotopic (exact) mass is 418 g/mol. The molecule has 0 saturated carbocycles. The van der Waals surface area contributed by atoms with Gasteiger partial charge in [0.25, 0.3) is 0 Å². The Morgan fingerprint density at radius 1 is 0.533 bits per heavy atom. The molecular formula is C16H30N14. The average Bonchev–Trinajstić information content (AvgIpc) is 3.37. The molecule has 0 aliphatic carbocycles. The quantitative estimate of drug-likeness (QED) is 0.379. The van der Waals surface area contributed by atoms with Crippen LogP contribution < -0.4 is 0 Å². The molecule has 30 heavy (non-hydrogen) atoms. The van der Waals surface area contributed by atoms with Crippen LogP contribution in [0.4, 0.5) is 0 Å². The summed E-state index contributed by atoms with van der Waals surface area (Å²) in [7, 11) is 7.24. The second-order valence-corrected chi connectivity index (χ2v) is 6.37. The van der Waals surface area contributed by atoms with Crippen molar-refractivity contribution in [2.45, 2.75) is 41.5 Å². The minimum absolute atomic E-state index is 0.711. The topological polar surface area (TPSA) is 149 Å². The SMILES string of the molecule is Cc1nc(C)n(C)n1.Cc1nn(C)nc1C.Cc1nnn(C)n1.Cc1nnnn1C. The van der Waals surface area contributed by atoms with Crippen molar-refractivity contribution in [2.75, 3.05) is 0 Å². The van der Waals surface area contributed by atoms with Gasteiger partial charge >= 0.3 is 0 Å². The third-order valence-corrected chi connectivity index (χ3v) is 3.64. The van der Waals surface area contributed by atoms with Crippen LogP contribution in [0.15, 0.2) is 0 Å². The second kappa shape index (κ2) is 11.4. The van der Waals surface area contributed by atoms with Gasteiger partial charge < -0.3 is 0 Å². The highest BCUT2D eigenvalue weighted by molar-refractivity contribution is 5.02. The number of hydrogen-bond acceptors (Lipinski definition) is 10. The normalized spacial score (nSPS) is 9.67. The summed E-state index contributed by atoms with van der Waals surface area (Å²) in [5, 5.41) is 33.6. The molecule has 4 heterocycles. The molecule has 0 aliphatic rings. The molecule has 0 aromatic carbocycles. The van der Waals surface area contributed by atoms with Crippen LogP contribution in [0.1, 0.15) is 34.7 Å². The second-order valence-electron chi connectivity index (χ2n) is 6.37. The van der Waals surface area contributed by atoms with Crippen LogP contribution in [0.5, 0.6) is 0 Å². The highest BCUT2D eigenvalue weighted by Gasteiger charge is 1.95. The van der Waals surface area contributed by atoms with Crippen molar-refractivity contribution in [1.82, 2.24) is 70.2 Å². The zero-order valence-corrected chi connectivity index (χ0v) is 19.3. The fraction of sp³-hybridized carbons (Fsp3) is 0.625. The molecule has 164 valence electrons. The zero-order valence-electron chi connectivity index (χ0n) is 19.3. The summed E-state index contributed by atoms with van der Waals surface area (Å²) >= 11 is 0. The molecule has 4 aromatic heterocycles. The van der Waals surface area contributed by atoms with Gasteiger partial charge in [-0.15, -0.1) is 15.3 Å². The van der Waals surface area contributed by atoms with Crippen molar-refractivity contribution in [3.8, 4) is 0 Å². The van der Waals surface area contributed by atoms with Crippen molar-refractivity contribution in [3.63, 3.8) is 0 Å². The van der Waals surface area contributed by atoms with Crippen LogP contribution in [-0.2, 0) is 28.2 Å². The van der Waals surface area contributed by atoms with Gasteiger partial charge in [0.05, 0.1) is 18.4 Å². The Balaban J connectivity index is 0.000000200. The largest absolute Gasteiger partial charge is 0.253 e. The van der Waals surface area contributed by atoms with Crippen LogP contribution >= 0.6 is 0 Å². The van der Waals surface area contributed by atoms with E-state index in [4.69, 9.17) is 0 Å². The van der Waals surface area contributed by atoms with E-state index in [1.165, 1.54) is 4.80 Å². The number of tetrazole rings is 2. The maximum absolute atomic E-state index is 4.06. The molecule has 0 fully saturated rings. The van der Waals surface area contributed by atoms with Gasteiger partial charge in [0.2, 0.25) is 0 Å². The maximum atomic E-state index is 4.06. The first kappa shape index (κ1) is 24.5. The standard InChI is InChI=1S/2C5H9N3.2C3H6N4/c1-4-6-5(2)8(3)7-4;1-4-5(2)7-8(3)6-4;1-3-4-5-6-7(3)2;1-3-4-6-7(2)5-3/h2*1-3H3;2*1-2H3. The fourth-order valence-electron chi connectivity index (χ4n) is 1.87. The Morgan fingerprint density at radius 3 is 1.27 bits per heavy atom. The molecule has 0 radical (unpaired) electrons. The number of aromatic nitrogens is 14. The average molecular weight is 419 g/mol. The van der Waals surface area contributed by atoms with Crippen molar-refractivity contribution in [2.24, 2.45) is 28.2 Å². The predicted octanol–water partition coefficient (Wildman–Crippen LogP) is -0.0991. The summed E-state index contributed by atoms with van der Waals surface area (Å²) in [6, 6.07) is 0. The smallest absolute Gasteiger partial charge is 0.171 e. The molecule has 0 amide bonds. The van der Waals surface area contributed by atoms with Crippen LogP contribution in [0.2, 0.25) is 0 Å². The molecule has 4 aromatic rings. The van der Waals surface area contributed by atoms with Crippen molar-refractivity contribution >= 4 is 0 Å². The lowest BCUT2D eigenvalue weighted by molar-refractivity contribution is 0.629. The van der Waals surface area contributed by atoms with Crippen LogP contribution in [0.3, 0.4) is 0 Å². The first-order valence-electron chi connectivity index (χ1n) is 9.07. The van der Waals surface area contributed by atoms with Crippen LogP contribution in [-0.4, -0.2) is 70.2 Å². The van der Waals surface area contributed by atoms with Crippen LogP contribution in [0.25, 0.3) is 0 Å². The molecule has 4 rings (SSSR count). The van der Waals surface area contributed by atoms with Gasteiger partial charge in [0.1, 0.15) is 17.5 Å². The van der Waals surface area contributed by atoms with E-state index in [-0.39, 0.29) is 0 Å². The summed E-state index contributed by atoms with van der Waals surface area (Å²) < 4.78 is 3.37. The minimum atomic E-state index is 0.711. The van der Waals surface area contributed by atoms with E-state index in [0.717, 1.165) is 28.9 Å². The molecular weight excluding hydrogens is 388 g/mol. The molecule has 0 saturated heterocycles. The molecule has 0 atom stereocenters. The van der Waals surface area contributed by atoms with E-state index in [0.29, 0.717) is 5.82 Å². The zero-order chi connectivity index (χ0) is 22.8. The highest BCUT2D eigenvalue weighted by Crippen LogP contribution is 1.94. The van der Waals surface area contributed by atoms with Gasteiger partial charge in [-0.1, -0.05) is 0 Å². The van der Waals surface area contributed by atoms with E-state index in [2.05, 4.69) is 51.2 Å². The summed E-state index contributed by atoms with van der Waals surface area (Å²) in [5.74, 6) is 3.34. The third-order valence-electron chi connectivity index (χ3n) is 3.64. The first-order chi connectivity index (χ1) is 14.0. The van der Waals surface area contributed by atoms with E-state index in [9.17, 15) is 0 Å². The summed E-state index contributed by atoms with van der Waals surface area (Å²) in [4.78, 5) is 7.06. The number of aryl methyl sites for hydroxylation is 10. The van der Waals surface area contributed by atoms with Crippen molar-refractivity contribution in [3.05, 3.63) is 34.7 Å². The third kappa shape index (κ3) is 8.62. The van der Waals surface area contributed by atoms with E-state index < -0.39 is 0 Å². The van der Waals surface area contributed by atoms with E-state index in [1.807, 2.05) is 48.7 Å². The number of nitrogens with zero attached hydrogens (tertiary/aromatic N) is 14. The predicted molar refractivity (Wildman–Crippen MR) is 108 cm³/mol. The van der Waals surface area contributed by atoms with Gasteiger partial charge in [-0.3, -0.25) is 4.68 Å². The van der Waals surface area contributed by atoms with E-state index in [1.54, 1.807) is 35.2 Å².